The molecule has 0 saturated carbocycles. The first-order valence-electron chi connectivity index (χ1n) is 18.5. The summed E-state index contributed by atoms with van der Waals surface area (Å²) >= 11 is 0. The second-order valence-corrected chi connectivity index (χ2v) is 14.7. The minimum atomic E-state index is -0.0537. The molecule has 0 amide bonds. The molecule has 8 aromatic rings. The van der Waals surface area contributed by atoms with Gasteiger partial charge in [-0.2, -0.15) is 0 Å². The Labute approximate surface area is 310 Å². The van der Waals surface area contributed by atoms with E-state index in [1.54, 1.807) is 0 Å². The van der Waals surface area contributed by atoms with E-state index in [1.807, 2.05) is 0 Å². The van der Waals surface area contributed by atoms with Crippen LogP contribution in [0.15, 0.2) is 180 Å². The normalized spacial score (nSPS) is 15.5. The Kier molecular flexibility index (Phi) is 7.29. The minimum absolute atomic E-state index is 0.0537. The van der Waals surface area contributed by atoms with Gasteiger partial charge in [-0.25, -0.2) is 4.98 Å². The summed E-state index contributed by atoms with van der Waals surface area (Å²) in [7, 11) is 0. The molecule has 2 aliphatic rings. The summed E-state index contributed by atoms with van der Waals surface area (Å²) in [5.41, 5.74) is 15.1. The zero-order valence-electron chi connectivity index (χ0n) is 29.8. The van der Waals surface area contributed by atoms with Gasteiger partial charge in [-0.05, 0) is 93.2 Å². The third-order valence-electron chi connectivity index (χ3n) is 11.2. The number of allylic oxidation sites excluding steroid dienone is 4. The van der Waals surface area contributed by atoms with Crippen molar-refractivity contribution in [2.75, 3.05) is 4.90 Å². The lowest BCUT2D eigenvalue weighted by Crippen LogP contribution is -2.15. The van der Waals surface area contributed by atoms with Crippen molar-refractivity contribution in [3.8, 4) is 33.4 Å². The quantitative estimate of drug-likeness (QED) is 0.175. The van der Waals surface area contributed by atoms with Crippen LogP contribution in [-0.2, 0) is 5.41 Å². The maximum atomic E-state index is 6.47. The lowest BCUT2D eigenvalue weighted by Gasteiger charge is -2.29. The van der Waals surface area contributed by atoms with Gasteiger partial charge in [0.05, 0.1) is 11.6 Å². The van der Waals surface area contributed by atoms with Crippen LogP contribution in [-0.4, -0.2) is 4.98 Å². The van der Waals surface area contributed by atoms with E-state index in [9.17, 15) is 0 Å². The van der Waals surface area contributed by atoms with Crippen LogP contribution < -0.4 is 4.90 Å². The molecule has 1 aromatic heterocycles. The maximum Gasteiger partial charge on any atom is 0.202 e. The van der Waals surface area contributed by atoms with Gasteiger partial charge >= 0.3 is 0 Å². The summed E-state index contributed by atoms with van der Waals surface area (Å²) < 4.78 is 6.47. The number of para-hydroxylation sites is 1. The summed E-state index contributed by atoms with van der Waals surface area (Å²) in [5.74, 6) is 0.942. The van der Waals surface area contributed by atoms with Gasteiger partial charge in [-0.3, -0.25) is 0 Å². The van der Waals surface area contributed by atoms with E-state index in [2.05, 4.69) is 195 Å². The van der Waals surface area contributed by atoms with Gasteiger partial charge in [-0.15, -0.1) is 0 Å². The van der Waals surface area contributed by atoms with Crippen LogP contribution in [0.2, 0.25) is 0 Å². The van der Waals surface area contributed by atoms with Crippen molar-refractivity contribution in [2.24, 2.45) is 0 Å². The molecule has 0 N–H and O–H groups in total. The summed E-state index contributed by atoms with van der Waals surface area (Å²) in [6.07, 6.45) is 9.41. The van der Waals surface area contributed by atoms with E-state index in [0.717, 1.165) is 62.4 Å². The SMILES string of the molecule is CC1(C)c2ccccc2-c2cc(N(c3ccc(-c4ccc5ccc6nc(C7C=CC=CC7)oc6c5c4)cc3)c3ccccc3-c3ccccc3)ccc21. The predicted molar refractivity (Wildman–Crippen MR) is 220 cm³/mol. The lowest BCUT2D eigenvalue weighted by atomic mass is 9.82. The fraction of sp³-hybridized carbons (Fsp3) is 0.100. The topological polar surface area (TPSA) is 29.3 Å². The molecule has 1 heterocycles. The first-order valence-corrected chi connectivity index (χ1v) is 18.5. The molecule has 0 saturated heterocycles. The first kappa shape index (κ1) is 31.3. The molecule has 3 nitrogen and oxygen atoms in total. The summed E-state index contributed by atoms with van der Waals surface area (Å²) in [6, 6.07) is 55.1. The van der Waals surface area contributed by atoms with Gasteiger partial charge in [0, 0.05) is 27.7 Å². The number of hydrogen-bond acceptors (Lipinski definition) is 3. The molecular formula is C50H38N2O. The molecule has 7 aromatic carbocycles. The van der Waals surface area contributed by atoms with Gasteiger partial charge in [-0.1, -0.05) is 147 Å². The van der Waals surface area contributed by atoms with Gasteiger partial charge in [0.25, 0.3) is 0 Å². The van der Waals surface area contributed by atoms with Crippen molar-refractivity contribution in [3.63, 3.8) is 0 Å². The molecule has 0 bridgehead atoms. The molecule has 2 aliphatic carbocycles. The summed E-state index contributed by atoms with van der Waals surface area (Å²) in [4.78, 5) is 7.30. The van der Waals surface area contributed by atoms with Gasteiger partial charge in [0.2, 0.25) is 5.89 Å². The number of aromatic nitrogens is 1. The van der Waals surface area contributed by atoms with Crippen molar-refractivity contribution >= 4 is 38.9 Å². The molecule has 1 unspecified atom stereocenters. The highest BCUT2D eigenvalue weighted by Gasteiger charge is 2.35. The van der Waals surface area contributed by atoms with E-state index in [1.165, 1.54) is 33.4 Å². The summed E-state index contributed by atoms with van der Waals surface area (Å²) in [5, 5.41) is 2.22. The van der Waals surface area contributed by atoms with Crippen molar-refractivity contribution in [1.29, 1.82) is 0 Å². The Hall–Kier alpha value is -6.45. The molecule has 53 heavy (non-hydrogen) atoms. The van der Waals surface area contributed by atoms with Crippen LogP contribution in [0.5, 0.6) is 0 Å². The van der Waals surface area contributed by atoms with Crippen LogP contribution in [0.4, 0.5) is 17.1 Å². The zero-order chi connectivity index (χ0) is 35.5. The fourth-order valence-electron chi connectivity index (χ4n) is 8.43. The third-order valence-corrected chi connectivity index (χ3v) is 11.2. The maximum absolute atomic E-state index is 6.47. The van der Waals surface area contributed by atoms with Crippen molar-refractivity contribution in [2.45, 2.75) is 31.6 Å². The first-order chi connectivity index (χ1) is 26.0. The number of fused-ring (bicyclic) bond motifs is 6. The molecule has 1 atom stereocenters. The average Bonchev–Trinajstić information content (AvgIpc) is 3.76. The largest absolute Gasteiger partial charge is 0.439 e. The molecule has 0 spiro atoms. The second kappa shape index (κ2) is 12.4. The van der Waals surface area contributed by atoms with E-state index in [4.69, 9.17) is 9.40 Å². The Morgan fingerprint density at radius 1 is 0.604 bits per heavy atom. The van der Waals surface area contributed by atoms with E-state index >= 15 is 0 Å². The number of hydrogen-bond donors (Lipinski definition) is 0. The van der Waals surface area contributed by atoms with Crippen LogP contribution in [0.1, 0.15) is 43.2 Å². The minimum Gasteiger partial charge on any atom is -0.439 e. The van der Waals surface area contributed by atoms with Crippen LogP contribution >= 0.6 is 0 Å². The molecule has 3 heteroatoms. The highest BCUT2D eigenvalue weighted by atomic mass is 16.3. The number of rotatable bonds is 6. The van der Waals surface area contributed by atoms with Crippen molar-refractivity contribution in [3.05, 3.63) is 193 Å². The molecular weight excluding hydrogens is 645 g/mol. The van der Waals surface area contributed by atoms with Crippen LogP contribution in [0.25, 0.3) is 55.3 Å². The number of nitrogens with zero attached hydrogens (tertiary/aromatic N) is 2. The molecule has 10 rings (SSSR count). The number of oxazole rings is 1. The molecule has 0 aliphatic heterocycles. The zero-order valence-corrected chi connectivity index (χ0v) is 29.8. The number of benzene rings is 7. The van der Waals surface area contributed by atoms with Crippen molar-refractivity contribution < 1.29 is 4.42 Å². The van der Waals surface area contributed by atoms with Gasteiger partial charge < -0.3 is 9.32 Å². The number of anilines is 3. The Bertz CT molecular complexity index is 2730. The molecule has 254 valence electrons. The van der Waals surface area contributed by atoms with Crippen LogP contribution in [0, 0.1) is 0 Å². The highest BCUT2D eigenvalue weighted by molar-refractivity contribution is 6.04. The lowest BCUT2D eigenvalue weighted by molar-refractivity contribution is 0.507. The Balaban J connectivity index is 1.09. The Morgan fingerprint density at radius 3 is 2.15 bits per heavy atom. The van der Waals surface area contributed by atoms with Gasteiger partial charge in [0.1, 0.15) is 5.52 Å². The third kappa shape index (κ3) is 5.23. The molecule has 0 fully saturated rings. The molecule has 0 radical (unpaired) electrons. The average molecular weight is 683 g/mol. The second-order valence-electron chi connectivity index (χ2n) is 14.7. The highest BCUT2D eigenvalue weighted by Crippen LogP contribution is 2.51. The van der Waals surface area contributed by atoms with Gasteiger partial charge in [0.15, 0.2) is 5.58 Å². The fourth-order valence-corrected chi connectivity index (χ4v) is 8.43. The monoisotopic (exact) mass is 682 g/mol. The smallest absolute Gasteiger partial charge is 0.202 e. The van der Waals surface area contributed by atoms with E-state index in [-0.39, 0.29) is 11.3 Å². The predicted octanol–water partition coefficient (Wildman–Crippen LogP) is 13.7. The Morgan fingerprint density at radius 2 is 1.32 bits per heavy atom. The van der Waals surface area contributed by atoms with Crippen molar-refractivity contribution in [1.82, 2.24) is 4.98 Å². The standard InChI is InChI=1S/C50H38N2O/c1-50(2)44-19-11-9-18-41(44)43-32-39(28-29-45(43)50)52(47-20-12-10-17-40(47)34-13-5-3-6-14-34)38-26-23-33(24-27-38)37-22-21-35-25-30-46-48(42(35)31-37)53-49(51-46)36-15-7-4-8-16-36/h3-15,17-32,36H,16H2,1-2H3. The van der Waals surface area contributed by atoms with E-state index < -0.39 is 0 Å². The van der Waals surface area contributed by atoms with Crippen LogP contribution in [0.3, 0.4) is 0 Å². The van der Waals surface area contributed by atoms with E-state index in [0.29, 0.717) is 0 Å². The summed E-state index contributed by atoms with van der Waals surface area (Å²) in [6.45, 7) is 4.67.